The van der Waals surface area contributed by atoms with Gasteiger partial charge in [-0.25, -0.2) is 9.97 Å². The van der Waals surface area contributed by atoms with Crippen molar-refractivity contribution in [3.05, 3.63) is 53.5 Å². The third-order valence-electron chi connectivity index (χ3n) is 4.75. The van der Waals surface area contributed by atoms with Crippen molar-refractivity contribution < 1.29 is 14.4 Å². The first kappa shape index (κ1) is 19.1. The summed E-state index contributed by atoms with van der Waals surface area (Å²) in [5, 5.41) is 0. The van der Waals surface area contributed by atoms with Crippen molar-refractivity contribution >= 4 is 39.5 Å². The predicted molar refractivity (Wildman–Crippen MR) is 106 cm³/mol. The molecule has 1 aromatic carbocycles. The van der Waals surface area contributed by atoms with Gasteiger partial charge in [0.15, 0.2) is 10.5 Å². The maximum absolute atomic E-state index is 12.9. The van der Waals surface area contributed by atoms with Gasteiger partial charge in [-0.15, -0.1) is 0 Å². The topological polar surface area (TPSA) is 122 Å². The van der Waals surface area contributed by atoms with Crippen LogP contribution in [0.4, 0.5) is 0 Å². The Morgan fingerprint density at radius 2 is 1.79 bits per heavy atom. The number of piperazine rings is 1. The number of nitrogens with two attached hydrogens (primary N) is 1. The van der Waals surface area contributed by atoms with Gasteiger partial charge in [0.1, 0.15) is 11.2 Å². The molecule has 0 saturated carbocycles. The van der Waals surface area contributed by atoms with Gasteiger partial charge in [0.25, 0.3) is 17.6 Å². The zero-order valence-electron chi connectivity index (χ0n) is 15.4. The Morgan fingerprint density at radius 3 is 2.48 bits per heavy atom. The molecule has 3 aromatic rings. The molecular weight excluding hydrogens is 392 g/mol. The zero-order valence-corrected chi connectivity index (χ0v) is 16.3. The maximum Gasteiger partial charge on any atom is 0.291 e. The summed E-state index contributed by atoms with van der Waals surface area (Å²) in [6.07, 6.45) is 1.37. The van der Waals surface area contributed by atoms with Crippen molar-refractivity contribution in [3.8, 4) is 0 Å². The monoisotopic (exact) mass is 410 g/mol. The highest BCUT2D eigenvalue weighted by Gasteiger charge is 2.26. The summed E-state index contributed by atoms with van der Waals surface area (Å²) in [5.74, 6) is -2.32. The molecule has 4 rings (SSSR count). The molecule has 0 bridgehead atoms. The van der Waals surface area contributed by atoms with Gasteiger partial charge >= 0.3 is 0 Å². The average Bonchev–Trinajstić information content (AvgIpc) is 3.17. The van der Waals surface area contributed by atoms with Crippen LogP contribution in [0.5, 0.6) is 0 Å². The molecule has 2 amide bonds. The molecule has 3 heterocycles. The van der Waals surface area contributed by atoms with Crippen LogP contribution in [0.2, 0.25) is 0 Å². The third kappa shape index (κ3) is 3.98. The minimum absolute atomic E-state index is 0.118. The molecule has 148 valence electrons. The fourth-order valence-electron chi connectivity index (χ4n) is 3.21. The summed E-state index contributed by atoms with van der Waals surface area (Å²) in [5.41, 5.74) is 6.38. The minimum atomic E-state index is -1.12. The molecular formula is C19H18N6O3S. The van der Waals surface area contributed by atoms with E-state index in [1.807, 2.05) is 18.2 Å². The summed E-state index contributed by atoms with van der Waals surface area (Å²) in [6, 6.07) is 10.2. The number of hydrogen-bond donors (Lipinski definition) is 1. The predicted octanol–water partition coefficient (Wildman–Crippen LogP) is 0.712. The van der Waals surface area contributed by atoms with Crippen molar-refractivity contribution in [3.63, 3.8) is 0 Å². The van der Waals surface area contributed by atoms with Crippen LogP contribution in [0, 0.1) is 0 Å². The van der Waals surface area contributed by atoms with Gasteiger partial charge in [-0.05, 0) is 17.1 Å². The SMILES string of the molecule is NC(=O)C(=O)c1nsc2ncc(C(=O)N3CCN(Cc4ccccc4)CC3)nc12. The van der Waals surface area contributed by atoms with E-state index < -0.39 is 11.7 Å². The second-order valence-electron chi connectivity index (χ2n) is 6.69. The van der Waals surface area contributed by atoms with Crippen molar-refractivity contribution in [1.82, 2.24) is 24.1 Å². The Kier molecular flexibility index (Phi) is 5.28. The summed E-state index contributed by atoms with van der Waals surface area (Å²) in [4.78, 5) is 48.7. The Morgan fingerprint density at radius 1 is 1.07 bits per heavy atom. The van der Waals surface area contributed by atoms with Crippen LogP contribution in [0.15, 0.2) is 36.5 Å². The van der Waals surface area contributed by atoms with Crippen LogP contribution < -0.4 is 5.73 Å². The molecule has 1 aliphatic rings. The van der Waals surface area contributed by atoms with E-state index in [4.69, 9.17) is 5.73 Å². The molecule has 0 aliphatic carbocycles. The van der Waals surface area contributed by atoms with E-state index in [1.54, 1.807) is 4.90 Å². The van der Waals surface area contributed by atoms with Crippen molar-refractivity contribution in [1.29, 1.82) is 0 Å². The number of ketones is 1. The van der Waals surface area contributed by atoms with Crippen molar-refractivity contribution in [2.24, 2.45) is 5.73 Å². The number of amides is 2. The molecule has 0 atom stereocenters. The number of carbonyl (C=O) groups is 3. The molecule has 1 aliphatic heterocycles. The minimum Gasteiger partial charge on any atom is -0.363 e. The average molecular weight is 410 g/mol. The summed E-state index contributed by atoms with van der Waals surface area (Å²) in [7, 11) is 0. The van der Waals surface area contributed by atoms with Crippen LogP contribution in [-0.4, -0.2) is 67.9 Å². The summed E-state index contributed by atoms with van der Waals surface area (Å²) in [6.45, 7) is 3.48. The molecule has 2 aromatic heterocycles. The van der Waals surface area contributed by atoms with E-state index in [0.29, 0.717) is 17.9 Å². The molecule has 29 heavy (non-hydrogen) atoms. The Bertz CT molecular complexity index is 1080. The van der Waals surface area contributed by atoms with Crippen LogP contribution in [0.1, 0.15) is 26.5 Å². The first-order valence-corrected chi connectivity index (χ1v) is 9.82. The third-order valence-corrected chi connectivity index (χ3v) is 5.50. The van der Waals surface area contributed by atoms with Gasteiger partial charge in [-0.2, -0.15) is 4.37 Å². The standard InChI is InChI=1S/C19H18N6O3S/c20-17(27)16(26)14-15-18(29-23-14)21-10-13(22-15)19(28)25-8-6-24(7-9-25)11-12-4-2-1-3-5-12/h1-5,10H,6-9,11H2,(H2,20,27). The van der Waals surface area contributed by atoms with Gasteiger partial charge in [-0.1, -0.05) is 30.3 Å². The highest BCUT2D eigenvalue weighted by atomic mass is 32.1. The molecule has 10 heteroatoms. The number of nitrogens with zero attached hydrogens (tertiary/aromatic N) is 5. The molecule has 9 nitrogen and oxygen atoms in total. The number of carbonyl (C=O) groups excluding carboxylic acids is 3. The summed E-state index contributed by atoms with van der Waals surface area (Å²) >= 11 is 0.933. The van der Waals surface area contributed by atoms with Gasteiger partial charge in [0, 0.05) is 32.7 Å². The van der Waals surface area contributed by atoms with Crippen LogP contribution in [0.25, 0.3) is 10.3 Å². The van der Waals surface area contributed by atoms with E-state index in [9.17, 15) is 14.4 Å². The lowest BCUT2D eigenvalue weighted by molar-refractivity contribution is -0.114. The van der Waals surface area contributed by atoms with Crippen molar-refractivity contribution in [2.45, 2.75) is 6.54 Å². The second-order valence-corrected chi connectivity index (χ2v) is 7.44. The van der Waals surface area contributed by atoms with E-state index in [2.05, 4.69) is 31.4 Å². The van der Waals surface area contributed by atoms with Crippen LogP contribution >= 0.6 is 11.5 Å². The summed E-state index contributed by atoms with van der Waals surface area (Å²) < 4.78 is 3.91. The highest BCUT2D eigenvalue weighted by molar-refractivity contribution is 7.13. The van der Waals surface area contributed by atoms with Gasteiger partial charge in [0.05, 0.1) is 6.20 Å². The molecule has 1 fully saturated rings. The smallest absolute Gasteiger partial charge is 0.291 e. The number of benzene rings is 1. The first-order valence-electron chi connectivity index (χ1n) is 9.05. The lowest BCUT2D eigenvalue weighted by Gasteiger charge is -2.34. The van der Waals surface area contributed by atoms with Gasteiger partial charge < -0.3 is 10.6 Å². The number of fused-ring (bicyclic) bond motifs is 1. The number of rotatable bonds is 5. The maximum atomic E-state index is 12.9. The van der Waals surface area contributed by atoms with E-state index in [-0.39, 0.29) is 22.8 Å². The fraction of sp³-hybridized carbons (Fsp3) is 0.263. The second kappa shape index (κ2) is 8.02. The van der Waals surface area contributed by atoms with Gasteiger partial charge in [-0.3, -0.25) is 19.3 Å². The normalized spacial score (nSPS) is 14.8. The van der Waals surface area contributed by atoms with E-state index in [0.717, 1.165) is 31.2 Å². The lowest BCUT2D eigenvalue weighted by atomic mass is 10.2. The number of hydrogen-bond acceptors (Lipinski definition) is 8. The Hall–Kier alpha value is -3.24. The number of aromatic nitrogens is 3. The van der Waals surface area contributed by atoms with Crippen LogP contribution in [0.3, 0.4) is 0 Å². The molecule has 0 unspecified atom stereocenters. The Balaban J connectivity index is 1.46. The molecule has 2 N–H and O–H groups in total. The van der Waals surface area contributed by atoms with E-state index in [1.165, 1.54) is 11.8 Å². The van der Waals surface area contributed by atoms with Crippen LogP contribution in [-0.2, 0) is 11.3 Å². The molecule has 1 saturated heterocycles. The largest absolute Gasteiger partial charge is 0.363 e. The van der Waals surface area contributed by atoms with Crippen molar-refractivity contribution in [2.75, 3.05) is 26.2 Å². The zero-order chi connectivity index (χ0) is 20.4. The molecule has 0 spiro atoms. The quantitative estimate of drug-likeness (QED) is 0.485. The first-order chi connectivity index (χ1) is 14.0. The fourth-order valence-corrected chi connectivity index (χ4v) is 3.89. The number of Topliss-reactive ketones (excluding diaryl/α,β-unsaturated/α-hetero) is 1. The van der Waals surface area contributed by atoms with Gasteiger partial charge in [0.2, 0.25) is 0 Å². The Labute approximate surface area is 170 Å². The van der Waals surface area contributed by atoms with E-state index >= 15 is 0 Å². The molecule has 0 radical (unpaired) electrons. The lowest BCUT2D eigenvalue weighted by Crippen LogP contribution is -2.48. The highest BCUT2D eigenvalue weighted by Crippen LogP contribution is 2.20. The number of primary amides is 1.